The second-order valence-electron chi connectivity index (χ2n) is 9.00. The van der Waals surface area contributed by atoms with Crippen LogP contribution < -0.4 is 0 Å². The summed E-state index contributed by atoms with van der Waals surface area (Å²) in [7, 11) is -2.97. The van der Waals surface area contributed by atoms with Crippen LogP contribution in [0.4, 0.5) is 4.39 Å². The van der Waals surface area contributed by atoms with Crippen molar-refractivity contribution in [2.75, 3.05) is 0 Å². The van der Waals surface area contributed by atoms with Crippen molar-refractivity contribution in [1.29, 1.82) is 0 Å². The summed E-state index contributed by atoms with van der Waals surface area (Å²) >= 11 is 0. The third-order valence-electron chi connectivity index (χ3n) is 6.28. The molecule has 1 aliphatic carbocycles. The van der Waals surface area contributed by atoms with Gasteiger partial charge < -0.3 is 9.84 Å². The minimum Gasteiger partial charge on any atom is -0.387 e. The topological polar surface area (TPSA) is 96.7 Å². The van der Waals surface area contributed by atoms with E-state index >= 15 is 0 Å². The molecule has 0 saturated heterocycles. The average Bonchev–Trinajstić information content (AvgIpc) is 2.80. The lowest BCUT2D eigenvalue weighted by atomic mass is 9.83. The van der Waals surface area contributed by atoms with Gasteiger partial charge >= 0.3 is 14.0 Å². The van der Waals surface area contributed by atoms with Crippen LogP contribution >= 0.6 is 8.03 Å². The number of ether oxygens (including phenoxy) is 1. The highest BCUT2D eigenvalue weighted by Gasteiger charge is 2.44. The number of aliphatic hydroxyl groups is 1. The second-order valence-corrected chi connectivity index (χ2v) is 10.2. The lowest BCUT2D eigenvalue weighted by Crippen LogP contribution is -2.23. The van der Waals surface area contributed by atoms with Crippen molar-refractivity contribution in [1.82, 2.24) is 4.98 Å². The summed E-state index contributed by atoms with van der Waals surface area (Å²) in [6.45, 7) is 3.84. The van der Waals surface area contributed by atoms with Crippen LogP contribution in [-0.2, 0) is 14.1 Å². The van der Waals surface area contributed by atoms with E-state index in [1.165, 1.54) is 18.6 Å². The molecule has 3 atom stereocenters. The first kappa shape index (κ1) is 26.0. The van der Waals surface area contributed by atoms with Gasteiger partial charge in [0, 0.05) is 17.2 Å². The number of halogens is 1. The van der Waals surface area contributed by atoms with E-state index in [9.17, 15) is 23.7 Å². The smallest absolute Gasteiger partial charge is 0.387 e. The summed E-state index contributed by atoms with van der Waals surface area (Å²) < 4.78 is 30.8. The Morgan fingerprint density at radius 3 is 2.47 bits per heavy atom. The Morgan fingerprint density at radius 1 is 1.26 bits per heavy atom. The van der Waals surface area contributed by atoms with Gasteiger partial charge in [0.25, 0.3) is 0 Å². The monoisotopic (exact) mass is 486 g/mol. The predicted molar refractivity (Wildman–Crippen MR) is 128 cm³/mol. The van der Waals surface area contributed by atoms with Crippen molar-refractivity contribution in [2.24, 2.45) is 0 Å². The molecule has 2 aromatic rings. The summed E-state index contributed by atoms with van der Waals surface area (Å²) in [5.74, 6) is -1.16. The Labute approximate surface area is 200 Å². The zero-order valence-corrected chi connectivity index (χ0v) is 20.3. The lowest BCUT2D eigenvalue weighted by Gasteiger charge is -2.26. The van der Waals surface area contributed by atoms with Crippen LogP contribution in [0.1, 0.15) is 86.8 Å². The lowest BCUT2D eigenvalue weighted by molar-refractivity contribution is -0.139. The molecule has 180 valence electrons. The number of esters is 1. The average molecular weight is 487 g/mol. The zero-order chi connectivity index (χ0) is 24.8. The maximum atomic E-state index is 13.7. The molecule has 3 rings (SSSR count). The van der Waals surface area contributed by atoms with E-state index in [0.29, 0.717) is 22.4 Å². The number of carbonyl (C=O) groups is 1. The number of hydrogen-bond acceptors (Lipinski definition) is 5. The summed E-state index contributed by atoms with van der Waals surface area (Å²) in [5, 5.41) is 10.9. The van der Waals surface area contributed by atoms with Crippen LogP contribution in [0, 0.1) is 18.3 Å². The zero-order valence-electron chi connectivity index (χ0n) is 19.4. The fourth-order valence-corrected chi connectivity index (χ4v) is 5.55. The van der Waals surface area contributed by atoms with Crippen molar-refractivity contribution >= 4 is 14.0 Å². The first-order valence-corrected chi connectivity index (χ1v) is 12.8. The van der Waals surface area contributed by atoms with Gasteiger partial charge in [-0.25, -0.2) is 4.39 Å². The largest absolute Gasteiger partial charge is 0.516 e. The van der Waals surface area contributed by atoms with E-state index < -0.39 is 38.0 Å². The Hall–Kier alpha value is -2.65. The van der Waals surface area contributed by atoms with E-state index in [2.05, 4.69) is 4.74 Å². The van der Waals surface area contributed by atoms with Gasteiger partial charge in [-0.15, -0.1) is 0 Å². The van der Waals surface area contributed by atoms with Gasteiger partial charge in [-0.05, 0) is 52.7 Å². The van der Waals surface area contributed by atoms with Crippen molar-refractivity contribution in [2.45, 2.75) is 76.0 Å². The number of hydrogen-bond donors (Lipinski definition) is 2. The number of benzene rings is 1. The number of aliphatic hydroxyl groups excluding tert-OH is 1. The molecular formula is C26H30FNO5P+. The van der Waals surface area contributed by atoms with Gasteiger partial charge in [-0.2, -0.15) is 4.89 Å². The Kier molecular flexibility index (Phi) is 8.90. The van der Waals surface area contributed by atoms with Crippen LogP contribution in [0.15, 0.2) is 30.3 Å². The number of pyridine rings is 1. The fourth-order valence-electron chi connectivity index (χ4n) is 4.66. The minimum atomic E-state index is -2.97. The quantitative estimate of drug-likeness (QED) is 0.281. The maximum absolute atomic E-state index is 13.7. The Morgan fingerprint density at radius 2 is 1.91 bits per heavy atom. The maximum Gasteiger partial charge on any atom is 0.516 e. The van der Waals surface area contributed by atoms with Crippen molar-refractivity contribution in [3.8, 4) is 23.7 Å². The molecule has 0 amide bonds. The molecule has 0 spiro atoms. The molecule has 1 fully saturated rings. The van der Waals surface area contributed by atoms with Gasteiger partial charge in [0.2, 0.25) is 5.66 Å². The molecule has 34 heavy (non-hydrogen) atoms. The van der Waals surface area contributed by atoms with Gasteiger partial charge in [-0.1, -0.05) is 51.7 Å². The molecule has 6 nitrogen and oxygen atoms in total. The summed E-state index contributed by atoms with van der Waals surface area (Å²) in [6.07, 6.45) is 10.1. The third-order valence-corrected chi connectivity index (χ3v) is 7.36. The van der Waals surface area contributed by atoms with Gasteiger partial charge in [0.05, 0.1) is 12.1 Å². The standard InChI is InChI=1S/C26H29FNO5P/c1-4-33-23(30)15-22(29)26(34(31)32)24-20(17-10-12-19(27)13-11-17)14-21(28-25(24)16(2)3)18-8-6-5-7-9-18/h1,10-14,16,18,22,26,29H,5-9,15H2,2-3H3/p+1. The number of carbonyl (C=O) groups excluding carboxylic acids is 1. The molecular weight excluding hydrogens is 456 g/mol. The van der Waals surface area contributed by atoms with E-state index in [1.54, 1.807) is 18.2 Å². The summed E-state index contributed by atoms with van der Waals surface area (Å²) in [4.78, 5) is 27.1. The molecule has 1 aliphatic rings. The van der Waals surface area contributed by atoms with Crippen molar-refractivity contribution < 1.29 is 28.5 Å². The van der Waals surface area contributed by atoms with Crippen LogP contribution in [0.25, 0.3) is 11.1 Å². The number of terminal acetylenes is 1. The van der Waals surface area contributed by atoms with E-state index in [-0.39, 0.29) is 11.8 Å². The molecule has 0 radical (unpaired) electrons. The molecule has 2 N–H and O–H groups in total. The molecule has 8 heteroatoms. The number of aromatic nitrogens is 1. The highest BCUT2D eigenvalue weighted by atomic mass is 31.1. The molecule has 0 bridgehead atoms. The highest BCUT2D eigenvalue weighted by Crippen LogP contribution is 2.49. The van der Waals surface area contributed by atoms with Crippen molar-refractivity contribution in [3.63, 3.8) is 0 Å². The van der Waals surface area contributed by atoms with E-state index in [1.807, 2.05) is 19.9 Å². The van der Waals surface area contributed by atoms with Gasteiger partial charge in [0.1, 0.15) is 18.0 Å². The second kappa shape index (κ2) is 11.7. The summed E-state index contributed by atoms with van der Waals surface area (Å²) in [6, 6.07) is 7.74. The van der Waals surface area contributed by atoms with Crippen LogP contribution in [0.5, 0.6) is 0 Å². The predicted octanol–water partition coefficient (Wildman–Crippen LogP) is 5.72. The number of nitrogens with zero attached hydrogens (tertiary/aromatic N) is 1. The van der Waals surface area contributed by atoms with Crippen LogP contribution in [0.3, 0.4) is 0 Å². The first-order chi connectivity index (χ1) is 16.2. The Balaban J connectivity index is 2.23. The van der Waals surface area contributed by atoms with Crippen LogP contribution in [0.2, 0.25) is 0 Å². The number of rotatable bonds is 8. The highest BCUT2D eigenvalue weighted by molar-refractivity contribution is 7.38. The van der Waals surface area contributed by atoms with Gasteiger partial charge in [0.15, 0.2) is 0 Å². The molecule has 1 aromatic heterocycles. The summed E-state index contributed by atoms with van der Waals surface area (Å²) in [5.41, 5.74) is 1.77. The van der Waals surface area contributed by atoms with E-state index in [4.69, 9.17) is 11.4 Å². The van der Waals surface area contributed by atoms with Crippen LogP contribution in [-0.4, -0.2) is 27.1 Å². The normalized spacial score (nSPS) is 16.6. The minimum absolute atomic E-state index is 0.139. The molecule has 1 saturated carbocycles. The van der Waals surface area contributed by atoms with Gasteiger partial charge in [-0.3, -0.25) is 9.78 Å². The molecule has 1 heterocycles. The molecule has 3 unspecified atom stereocenters. The van der Waals surface area contributed by atoms with Crippen molar-refractivity contribution in [3.05, 3.63) is 53.1 Å². The SMILES string of the molecule is C#COC(=O)CC(O)C(c1c(-c2ccc(F)cc2)cc(C2CCCCC2)nc1C(C)C)[P+](=O)O. The first-order valence-electron chi connectivity index (χ1n) is 11.5. The molecule has 1 aromatic carbocycles. The fraction of sp³-hybridized carbons (Fsp3) is 0.462. The molecule has 0 aliphatic heterocycles. The van der Waals surface area contributed by atoms with E-state index in [0.717, 1.165) is 31.4 Å². The third kappa shape index (κ3) is 6.07. The Bertz CT molecular complexity index is 1070.